The Hall–Kier alpha value is -0.270. The molecule has 0 fully saturated rings. The lowest BCUT2D eigenvalue weighted by Crippen LogP contribution is -2.21. The standard InChI is InChI=1S/C13H17Cl2F/c1-13(2,3)12(15)7-4-9-8-10(14)5-6-11(9)16/h5-6,8,12H,4,7H2,1-3H3. The van der Waals surface area contributed by atoms with E-state index in [9.17, 15) is 4.39 Å². The topological polar surface area (TPSA) is 0 Å². The van der Waals surface area contributed by atoms with E-state index < -0.39 is 0 Å². The molecule has 1 unspecified atom stereocenters. The number of benzene rings is 1. The molecule has 0 aliphatic carbocycles. The van der Waals surface area contributed by atoms with E-state index in [1.54, 1.807) is 12.1 Å². The van der Waals surface area contributed by atoms with E-state index in [1.807, 2.05) is 0 Å². The summed E-state index contributed by atoms with van der Waals surface area (Å²) in [5.74, 6) is -0.206. The van der Waals surface area contributed by atoms with Crippen LogP contribution in [0.4, 0.5) is 4.39 Å². The molecule has 0 heterocycles. The van der Waals surface area contributed by atoms with Crippen LogP contribution in [0, 0.1) is 11.2 Å². The Labute approximate surface area is 107 Å². The molecule has 0 amide bonds. The summed E-state index contributed by atoms with van der Waals surface area (Å²) in [4.78, 5) is 0. The normalized spacial score (nSPS) is 13.9. The second-order valence-corrected chi connectivity index (χ2v) is 6.07. The predicted molar refractivity (Wildman–Crippen MR) is 68.8 cm³/mol. The molecule has 1 aromatic rings. The number of alkyl halides is 1. The van der Waals surface area contributed by atoms with Crippen molar-refractivity contribution < 1.29 is 4.39 Å². The molecule has 0 saturated carbocycles. The van der Waals surface area contributed by atoms with E-state index in [2.05, 4.69) is 20.8 Å². The zero-order valence-corrected chi connectivity index (χ0v) is 11.4. The summed E-state index contributed by atoms with van der Waals surface area (Å²) in [6, 6.07) is 4.63. The minimum Gasteiger partial charge on any atom is -0.207 e. The fourth-order valence-electron chi connectivity index (χ4n) is 1.45. The SMILES string of the molecule is CC(C)(C)C(Cl)CCc1cc(Cl)ccc1F. The average molecular weight is 263 g/mol. The first-order chi connectivity index (χ1) is 7.30. The Balaban J connectivity index is 2.64. The average Bonchev–Trinajstić information content (AvgIpc) is 2.17. The smallest absolute Gasteiger partial charge is 0.126 e. The number of hydrogen-bond acceptors (Lipinski definition) is 0. The lowest BCUT2D eigenvalue weighted by atomic mass is 9.88. The van der Waals surface area contributed by atoms with Crippen molar-refractivity contribution in [3.05, 3.63) is 34.6 Å². The molecule has 0 aromatic heterocycles. The molecular weight excluding hydrogens is 246 g/mol. The first-order valence-electron chi connectivity index (χ1n) is 5.38. The van der Waals surface area contributed by atoms with Gasteiger partial charge in [-0.1, -0.05) is 32.4 Å². The molecule has 16 heavy (non-hydrogen) atoms. The number of hydrogen-bond donors (Lipinski definition) is 0. The van der Waals surface area contributed by atoms with E-state index >= 15 is 0 Å². The van der Waals surface area contributed by atoms with Crippen molar-refractivity contribution in [1.29, 1.82) is 0 Å². The molecule has 0 spiro atoms. The van der Waals surface area contributed by atoms with Gasteiger partial charge >= 0.3 is 0 Å². The van der Waals surface area contributed by atoms with Crippen LogP contribution in [-0.2, 0) is 6.42 Å². The van der Waals surface area contributed by atoms with Crippen molar-refractivity contribution in [3.8, 4) is 0 Å². The van der Waals surface area contributed by atoms with Gasteiger partial charge in [-0.05, 0) is 42.0 Å². The molecule has 90 valence electrons. The molecule has 0 aliphatic rings. The summed E-state index contributed by atoms with van der Waals surface area (Å²) in [5.41, 5.74) is 0.679. The largest absolute Gasteiger partial charge is 0.207 e. The molecule has 0 nitrogen and oxygen atoms in total. The van der Waals surface area contributed by atoms with Crippen LogP contribution in [0.15, 0.2) is 18.2 Å². The molecule has 0 aliphatic heterocycles. The van der Waals surface area contributed by atoms with Crippen molar-refractivity contribution in [2.24, 2.45) is 5.41 Å². The van der Waals surface area contributed by atoms with Crippen molar-refractivity contribution in [2.45, 2.75) is 39.0 Å². The fourth-order valence-corrected chi connectivity index (χ4v) is 1.75. The zero-order chi connectivity index (χ0) is 12.3. The Bertz CT molecular complexity index is 355. The lowest BCUT2D eigenvalue weighted by molar-refractivity contribution is 0.373. The van der Waals surface area contributed by atoms with Gasteiger partial charge in [0.2, 0.25) is 0 Å². The molecule has 0 radical (unpaired) electrons. The summed E-state index contributed by atoms with van der Waals surface area (Å²) in [7, 11) is 0. The van der Waals surface area contributed by atoms with E-state index in [-0.39, 0.29) is 16.6 Å². The maximum absolute atomic E-state index is 13.4. The van der Waals surface area contributed by atoms with Gasteiger partial charge in [-0.3, -0.25) is 0 Å². The third-order valence-corrected chi connectivity index (χ3v) is 3.72. The highest BCUT2D eigenvalue weighted by molar-refractivity contribution is 6.30. The van der Waals surface area contributed by atoms with Crippen LogP contribution in [0.1, 0.15) is 32.8 Å². The van der Waals surface area contributed by atoms with Crippen LogP contribution in [0.3, 0.4) is 0 Å². The van der Waals surface area contributed by atoms with Crippen molar-refractivity contribution in [1.82, 2.24) is 0 Å². The number of aryl methyl sites for hydroxylation is 1. The second-order valence-electron chi connectivity index (χ2n) is 5.11. The summed E-state index contributed by atoms with van der Waals surface area (Å²) in [6.07, 6.45) is 1.38. The van der Waals surface area contributed by atoms with Crippen LogP contribution in [0.25, 0.3) is 0 Å². The highest BCUT2D eigenvalue weighted by Gasteiger charge is 2.22. The minimum atomic E-state index is -0.206. The number of rotatable bonds is 3. The van der Waals surface area contributed by atoms with Crippen molar-refractivity contribution >= 4 is 23.2 Å². The predicted octanol–water partition coefficient (Wildman–Crippen LogP) is 5.07. The Morgan fingerprint density at radius 1 is 1.31 bits per heavy atom. The minimum absolute atomic E-state index is 0.0332. The molecule has 3 heteroatoms. The van der Waals surface area contributed by atoms with Gasteiger partial charge in [0.25, 0.3) is 0 Å². The van der Waals surface area contributed by atoms with Gasteiger partial charge < -0.3 is 0 Å². The zero-order valence-electron chi connectivity index (χ0n) is 9.86. The van der Waals surface area contributed by atoms with Crippen LogP contribution in [-0.4, -0.2) is 5.38 Å². The van der Waals surface area contributed by atoms with Gasteiger partial charge in [0.1, 0.15) is 5.82 Å². The third-order valence-electron chi connectivity index (χ3n) is 2.61. The molecule has 1 aromatic carbocycles. The maximum atomic E-state index is 13.4. The fraction of sp³-hybridized carbons (Fsp3) is 0.538. The molecule has 1 rings (SSSR count). The van der Waals surface area contributed by atoms with Crippen LogP contribution < -0.4 is 0 Å². The first kappa shape index (κ1) is 13.8. The highest BCUT2D eigenvalue weighted by Crippen LogP contribution is 2.28. The van der Waals surface area contributed by atoms with Gasteiger partial charge in [-0.15, -0.1) is 11.6 Å². The second kappa shape index (κ2) is 5.37. The first-order valence-corrected chi connectivity index (χ1v) is 6.20. The van der Waals surface area contributed by atoms with E-state index in [1.165, 1.54) is 6.07 Å². The summed E-state index contributed by atoms with van der Waals surface area (Å²) >= 11 is 12.1. The van der Waals surface area contributed by atoms with E-state index in [0.717, 1.165) is 6.42 Å². The van der Waals surface area contributed by atoms with Gasteiger partial charge in [-0.2, -0.15) is 0 Å². The van der Waals surface area contributed by atoms with Crippen LogP contribution in [0.5, 0.6) is 0 Å². The Morgan fingerprint density at radius 2 is 1.94 bits per heavy atom. The quantitative estimate of drug-likeness (QED) is 0.668. The van der Waals surface area contributed by atoms with Crippen LogP contribution in [0.2, 0.25) is 5.02 Å². The molecule has 0 bridgehead atoms. The van der Waals surface area contributed by atoms with E-state index in [0.29, 0.717) is 17.0 Å². The highest BCUT2D eigenvalue weighted by atomic mass is 35.5. The lowest BCUT2D eigenvalue weighted by Gasteiger charge is -2.25. The van der Waals surface area contributed by atoms with Gasteiger partial charge in [0.05, 0.1) is 0 Å². The van der Waals surface area contributed by atoms with Gasteiger partial charge in [-0.25, -0.2) is 4.39 Å². The van der Waals surface area contributed by atoms with Gasteiger partial charge in [0, 0.05) is 10.4 Å². The van der Waals surface area contributed by atoms with E-state index in [4.69, 9.17) is 23.2 Å². The summed E-state index contributed by atoms with van der Waals surface area (Å²) in [6.45, 7) is 6.25. The van der Waals surface area contributed by atoms with Crippen molar-refractivity contribution in [2.75, 3.05) is 0 Å². The van der Waals surface area contributed by atoms with Gasteiger partial charge in [0.15, 0.2) is 0 Å². The Morgan fingerprint density at radius 3 is 2.50 bits per heavy atom. The monoisotopic (exact) mass is 262 g/mol. The maximum Gasteiger partial charge on any atom is 0.126 e. The molecule has 0 N–H and O–H groups in total. The third kappa shape index (κ3) is 3.95. The number of halogens is 3. The summed E-state index contributed by atoms with van der Waals surface area (Å²) in [5, 5.41) is 0.601. The molecular formula is C13H17Cl2F. The molecule has 0 saturated heterocycles. The molecule has 1 atom stereocenters. The Kier molecular flexibility index (Phi) is 4.63. The van der Waals surface area contributed by atoms with Crippen molar-refractivity contribution in [3.63, 3.8) is 0 Å². The van der Waals surface area contributed by atoms with Crippen LogP contribution >= 0.6 is 23.2 Å². The summed E-state index contributed by atoms with van der Waals surface area (Å²) < 4.78 is 13.4.